The number of nitrogens with two attached hydrogens (primary N) is 1. The van der Waals surface area contributed by atoms with E-state index in [9.17, 15) is 13.2 Å². The van der Waals surface area contributed by atoms with E-state index < -0.39 is 12.0 Å². The number of hydrogen-bond acceptors (Lipinski definition) is 5. The minimum Gasteiger partial charge on any atom is -0.475 e. The van der Waals surface area contributed by atoms with E-state index >= 15 is 0 Å². The molecule has 0 aliphatic rings. The number of alkyl halides is 3. The van der Waals surface area contributed by atoms with Crippen LogP contribution >= 0.6 is 0 Å². The van der Waals surface area contributed by atoms with Crippen molar-refractivity contribution in [1.29, 1.82) is 0 Å². The van der Waals surface area contributed by atoms with E-state index in [-0.39, 0.29) is 24.9 Å². The first kappa shape index (κ1) is 12.5. The summed E-state index contributed by atoms with van der Waals surface area (Å²) in [4.78, 5) is 6.25. The van der Waals surface area contributed by atoms with Gasteiger partial charge in [-0.25, -0.2) is 4.98 Å². The number of ether oxygens (including phenoxy) is 2. The van der Waals surface area contributed by atoms with Crippen LogP contribution in [0.15, 0.2) is 6.07 Å². The van der Waals surface area contributed by atoms with Gasteiger partial charge in [0.25, 0.3) is 0 Å². The number of halogens is 3. The molecule has 0 spiro atoms. The van der Waals surface area contributed by atoms with E-state index in [0.717, 1.165) is 6.07 Å². The molecule has 0 aliphatic carbocycles. The summed E-state index contributed by atoms with van der Waals surface area (Å²) < 4.78 is 46.4. The van der Waals surface area contributed by atoms with Crippen molar-refractivity contribution >= 4 is 5.82 Å². The number of methoxy groups -OCH3 is 1. The van der Waals surface area contributed by atoms with Crippen molar-refractivity contribution in [2.75, 3.05) is 26.1 Å². The van der Waals surface area contributed by atoms with Crippen molar-refractivity contribution in [1.82, 2.24) is 9.97 Å². The summed E-state index contributed by atoms with van der Waals surface area (Å²) in [5.74, 6) is -1.84. The van der Waals surface area contributed by atoms with Gasteiger partial charge in [0.2, 0.25) is 11.7 Å². The largest absolute Gasteiger partial charge is 0.475 e. The molecule has 0 aliphatic heterocycles. The molecule has 0 radical (unpaired) electrons. The molecular weight excluding hydrogens is 227 g/mol. The first-order valence-corrected chi connectivity index (χ1v) is 4.27. The van der Waals surface area contributed by atoms with Crippen molar-refractivity contribution in [2.24, 2.45) is 0 Å². The van der Waals surface area contributed by atoms with Crippen LogP contribution in [0, 0.1) is 0 Å². The molecule has 2 N–H and O–H groups in total. The van der Waals surface area contributed by atoms with Crippen LogP contribution in [0.4, 0.5) is 19.0 Å². The zero-order valence-corrected chi connectivity index (χ0v) is 8.41. The molecule has 0 unspecified atom stereocenters. The smallest absolute Gasteiger partial charge is 0.451 e. The van der Waals surface area contributed by atoms with E-state index in [2.05, 4.69) is 14.7 Å². The fraction of sp³-hybridized carbons (Fsp3) is 0.500. The van der Waals surface area contributed by atoms with Crippen LogP contribution in [0.25, 0.3) is 0 Å². The van der Waals surface area contributed by atoms with Gasteiger partial charge in [0.15, 0.2) is 0 Å². The van der Waals surface area contributed by atoms with Gasteiger partial charge < -0.3 is 15.2 Å². The van der Waals surface area contributed by atoms with Gasteiger partial charge in [0, 0.05) is 13.2 Å². The molecule has 0 aromatic carbocycles. The molecule has 1 rings (SSSR count). The maximum Gasteiger partial charge on any atom is 0.451 e. The van der Waals surface area contributed by atoms with E-state index in [1.807, 2.05) is 0 Å². The van der Waals surface area contributed by atoms with Gasteiger partial charge in [-0.2, -0.15) is 18.2 Å². The van der Waals surface area contributed by atoms with Crippen LogP contribution in [-0.2, 0) is 10.9 Å². The number of aromatic nitrogens is 2. The van der Waals surface area contributed by atoms with Gasteiger partial charge in [-0.1, -0.05) is 0 Å². The topological polar surface area (TPSA) is 70.3 Å². The summed E-state index contributed by atoms with van der Waals surface area (Å²) in [6, 6.07) is 1.12. The molecule has 0 atom stereocenters. The Balaban J connectivity index is 2.82. The predicted molar refractivity (Wildman–Crippen MR) is 48.8 cm³/mol. The Bertz CT molecular complexity index is 357. The van der Waals surface area contributed by atoms with Crippen molar-refractivity contribution in [3.05, 3.63) is 11.9 Å². The predicted octanol–water partition coefficient (Wildman–Crippen LogP) is 1.10. The second kappa shape index (κ2) is 4.97. The zero-order chi connectivity index (χ0) is 12.2. The van der Waals surface area contributed by atoms with Crippen molar-refractivity contribution in [3.8, 4) is 5.88 Å². The van der Waals surface area contributed by atoms with Crippen LogP contribution in [0.5, 0.6) is 5.88 Å². The van der Waals surface area contributed by atoms with Gasteiger partial charge in [0.1, 0.15) is 12.4 Å². The summed E-state index contributed by atoms with van der Waals surface area (Å²) in [5.41, 5.74) is 5.20. The zero-order valence-electron chi connectivity index (χ0n) is 8.41. The lowest BCUT2D eigenvalue weighted by Crippen LogP contribution is -2.14. The van der Waals surface area contributed by atoms with Gasteiger partial charge >= 0.3 is 6.18 Å². The van der Waals surface area contributed by atoms with Crippen molar-refractivity contribution < 1.29 is 22.6 Å². The fourth-order valence-corrected chi connectivity index (χ4v) is 0.873. The summed E-state index contributed by atoms with van der Waals surface area (Å²) in [6.07, 6.45) is -4.64. The quantitative estimate of drug-likeness (QED) is 0.794. The van der Waals surface area contributed by atoms with E-state index in [1.165, 1.54) is 7.11 Å². The number of anilines is 1. The lowest BCUT2D eigenvalue weighted by molar-refractivity contribution is -0.145. The van der Waals surface area contributed by atoms with Gasteiger partial charge in [0.05, 0.1) is 6.61 Å². The van der Waals surface area contributed by atoms with Gasteiger partial charge in [-0.3, -0.25) is 0 Å². The summed E-state index contributed by atoms with van der Waals surface area (Å²) in [6.45, 7) is 0.329. The second-order valence-corrected chi connectivity index (χ2v) is 2.79. The minimum atomic E-state index is -4.64. The highest BCUT2D eigenvalue weighted by Crippen LogP contribution is 2.28. The molecule has 1 heterocycles. The number of nitrogen functional groups attached to an aromatic ring is 1. The maximum absolute atomic E-state index is 12.3. The number of rotatable bonds is 4. The molecule has 5 nitrogen and oxygen atoms in total. The average Bonchev–Trinajstić information content (AvgIpc) is 2.16. The molecule has 0 saturated carbocycles. The molecule has 0 amide bonds. The van der Waals surface area contributed by atoms with Crippen LogP contribution in [0.2, 0.25) is 0 Å². The highest BCUT2D eigenvalue weighted by atomic mass is 19.4. The normalized spacial score (nSPS) is 11.5. The second-order valence-electron chi connectivity index (χ2n) is 2.79. The van der Waals surface area contributed by atoms with Crippen LogP contribution in [0.1, 0.15) is 5.82 Å². The lowest BCUT2D eigenvalue weighted by Gasteiger charge is -2.09. The highest BCUT2D eigenvalue weighted by Gasteiger charge is 2.35. The molecule has 90 valence electrons. The Morgan fingerprint density at radius 3 is 2.56 bits per heavy atom. The SMILES string of the molecule is COCCOc1cc(N)nc(C(F)(F)F)n1. The minimum absolute atomic E-state index is 0.0876. The Morgan fingerprint density at radius 2 is 2.00 bits per heavy atom. The molecular formula is C8H10F3N3O2. The van der Waals surface area contributed by atoms with Crippen molar-refractivity contribution in [3.63, 3.8) is 0 Å². The third-order valence-electron chi connectivity index (χ3n) is 1.51. The van der Waals surface area contributed by atoms with E-state index in [4.69, 9.17) is 10.5 Å². The molecule has 0 saturated heterocycles. The molecule has 1 aromatic rings. The lowest BCUT2D eigenvalue weighted by atomic mass is 10.5. The van der Waals surface area contributed by atoms with Gasteiger partial charge in [-0.15, -0.1) is 0 Å². The average molecular weight is 237 g/mol. The monoisotopic (exact) mass is 237 g/mol. The third-order valence-corrected chi connectivity index (χ3v) is 1.51. The van der Waals surface area contributed by atoms with E-state index in [0.29, 0.717) is 0 Å². The number of hydrogen-bond donors (Lipinski definition) is 1. The Morgan fingerprint density at radius 1 is 1.31 bits per heavy atom. The summed E-state index contributed by atoms with van der Waals surface area (Å²) >= 11 is 0. The third kappa shape index (κ3) is 3.54. The van der Waals surface area contributed by atoms with E-state index in [1.54, 1.807) is 0 Å². The first-order valence-electron chi connectivity index (χ1n) is 4.27. The molecule has 1 aromatic heterocycles. The highest BCUT2D eigenvalue weighted by molar-refractivity contribution is 5.33. The molecule has 8 heteroatoms. The molecule has 16 heavy (non-hydrogen) atoms. The van der Waals surface area contributed by atoms with Crippen LogP contribution in [-0.4, -0.2) is 30.3 Å². The first-order chi connectivity index (χ1) is 7.43. The Labute approximate surface area is 89.4 Å². The standard InChI is InChI=1S/C8H10F3N3O2/c1-15-2-3-16-6-4-5(12)13-7(14-6)8(9,10)11/h4H,2-3H2,1H3,(H2,12,13,14). The Kier molecular flexibility index (Phi) is 3.88. The molecule has 0 bridgehead atoms. The summed E-state index contributed by atoms with van der Waals surface area (Å²) in [5, 5.41) is 0. The Hall–Kier alpha value is -1.57. The maximum atomic E-state index is 12.3. The van der Waals surface area contributed by atoms with Crippen LogP contribution < -0.4 is 10.5 Å². The van der Waals surface area contributed by atoms with Gasteiger partial charge in [-0.05, 0) is 0 Å². The van der Waals surface area contributed by atoms with Crippen LogP contribution in [0.3, 0.4) is 0 Å². The molecule has 0 fully saturated rings. The fourth-order valence-electron chi connectivity index (χ4n) is 0.873. The summed E-state index contributed by atoms with van der Waals surface area (Å²) in [7, 11) is 1.44. The van der Waals surface area contributed by atoms with Crippen molar-refractivity contribution in [2.45, 2.75) is 6.18 Å². The number of nitrogens with zero attached hydrogens (tertiary/aromatic N) is 2.